The summed E-state index contributed by atoms with van der Waals surface area (Å²) in [5, 5.41) is 19.7. The van der Waals surface area contributed by atoms with Crippen molar-refractivity contribution in [1.82, 2.24) is 20.0 Å². The molecule has 1 N–H and O–H groups in total. The van der Waals surface area contributed by atoms with Gasteiger partial charge in [0.2, 0.25) is 5.88 Å². The molecule has 0 bridgehead atoms. The minimum atomic E-state index is -4.64. The van der Waals surface area contributed by atoms with Gasteiger partial charge in [-0.1, -0.05) is 0 Å². The number of halogens is 3. The summed E-state index contributed by atoms with van der Waals surface area (Å²) in [6.45, 7) is 7.68. The second-order valence-electron chi connectivity index (χ2n) is 10.8. The Morgan fingerprint density at radius 1 is 0.976 bits per heavy atom. The normalized spacial score (nSPS) is 16.7. The molecule has 2 fully saturated rings. The van der Waals surface area contributed by atoms with Crippen molar-refractivity contribution in [3.8, 4) is 11.9 Å². The number of carbonyl (C=O) groups excluding carboxylic acids is 2. The van der Waals surface area contributed by atoms with Crippen molar-refractivity contribution in [3.63, 3.8) is 0 Å². The Morgan fingerprint density at radius 3 is 2.22 bits per heavy atom. The Balaban J connectivity index is 1.23. The molecule has 1 aromatic heterocycles. The number of urea groups is 1. The molecular formula is C27H32F3N7O4. The highest BCUT2D eigenvalue weighted by molar-refractivity contribution is 5.88. The second-order valence-corrected chi connectivity index (χ2v) is 10.8. The number of nitrogens with one attached hydrogen (secondary N) is 1. The van der Waals surface area contributed by atoms with E-state index in [9.17, 15) is 22.8 Å². The van der Waals surface area contributed by atoms with Crippen molar-refractivity contribution < 1.29 is 32.2 Å². The maximum Gasteiger partial charge on any atom is 0.417 e. The second kappa shape index (κ2) is 12.1. The van der Waals surface area contributed by atoms with E-state index in [0.717, 1.165) is 12.1 Å². The first-order chi connectivity index (χ1) is 19.3. The average molecular weight is 576 g/mol. The summed E-state index contributed by atoms with van der Waals surface area (Å²) in [6, 6.07) is 7.96. The maximum absolute atomic E-state index is 13.3. The fraction of sp³-hybridized carbons (Fsp3) is 0.519. The van der Waals surface area contributed by atoms with Gasteiger partial charge in [-0.15, -0.1) is 10.2 Å². The van der Waals surface area contributed by atoms with Crippen LogP contribution < -0.4 is 15.0 Å². The molecular weight excluding hydrogens is 543 g/mol. The predicted molar refractivity (Wildman–Crippen MR) is 142 cm³/mol. The molecule has 1 aromatic carbocycles. The van der Waals surface area contributed by atoms with E-state index in [0.29, 0.717) is 50.6 Å². The van der Waals surface area contributed by atoms with Crippen molar-refractivity contribution in [2.75, 3.05) is 49.5 Å². The van der Waals surface area contributed by atoms with Crippen LogP contribution in [0.3, 0.4) is 0 Å². The smallest absolute Gasteiger partial charge is 0.417 e. The van der Waals surface area contributed by atoms with Gasteiger partial charge < -0.3 is 24.2 Å². The van der Waals surface area contributed by atoms with E-state index in [1.165, 1.54) is 11.0 Å². The number of hydrogen-bond donors (Lipinski definition) is 1. The van der Waals surface area contributed by atoms with Crippen LogP contribution in [0.5, 0.6) is 5.88 Å². The topological polar surface area (TPSA) is 124 Å². The molecule has 0 atom stereocenters. The lowest BCUT2D eigenvalue weighted by Crippen LogP contribution is -2.50. The number of piperidine rings is 1. The Morgan fingerprint density at radius 2 is 1.66 bits per heavy atom. The number of nitriles is 1. The van der Waals surface area contributed by atoms with Crippen LogP contribution in [0.2, 0.25) is 0 Å². The Kier molecular flexibility index (Phi) is 8.74. The van der Waals surface area contributed by atoms with Crippen molar-refractivity contribution >= 4 is 23.6 Å². The number of anilines is 2. The van der Waals surface area contributed by atoms with E-state index >= 15 is 0 Å². The molecule has 3 heterocycles. The standard InChI is InChI=1S/C27H32F3N7O4/c1-26(2,3)41-25(39)37-10-8-20(9-11-37)40-23-7-6-22(33-34-23)32-24(38)36-14-12-35(13-15-36)19-5-4-18(17-31)21(16-19)27(28,29)30/h4-7,16,20H,8-15H2,1-3H3,(H,32,33,38). The van der Waals surface area contributed by atoms with Crippen LogP contribution in [-0.4, -0.2) is 83.1 Å². The van der Waals surface area contributed by atoms with Crippen molar-refractivity contribution in [2.45, 2.75) is 51.5 Å². The number of amides is 3. The van der Waals surface area contributed by atoms with Gasteiger partial charge in [-0.05, 0) is 45.0 Å². The minimum Gasteiger partial charge on any atom is -0.473 e. The molecule has 0 aliphatic carbocycles. The van der Waals surface area contributed by atoms with Crippen LogP contribution in [0.1, 0.15) is 44.7 Å². The maximum atomic E-state index is 13.3. The molecule has 0 unspecified atom stereocenters. The fourth-order valence-electron chi connectivity index (χ4n) is 4.52. The van der Waals surface area contributed by atoms with Gasteiger partial charge >= 0.3 is 18.3 Å². The molecule has 4 rings (SSSR count). The van der Waals surface area contributed by atoms with Gasteiger partial charge in [-0.3, -0.25) is 5.32 Å². The molecule has 2 aromatic rings. The summed E-state index contributed by atoms with van der Waals surface area (Å²) >= 11 is 0. The van der Waals surface area contributed by atoms with Crippen molar-refractivity contribution in [1.29, 1.82) is 5.26 Å². The van der Waals surface area contributed by atoms with Crippen LogP contribution in [0.15, 0.2) is 30.3 Å². The van der Waals surface area contributed by atoms with Gasteiger partial charge in [0.15, 0.2) is 5.82 Å². The first-order valence-electron chi connectivity index (χ1n) is 13.2. The number of ether oxygens (including phenoxy) is 2. The number of alkyl halides is 3. The quantitative estimate of drug-likeness (QED) is 0.565. The summed E-state index contributed by atoms with van der Waals surface area (Å²) in [5.74, 6) is 0.527. The first kappa shape index (κ1) is 29.7. The van der Waals surface area contributed by atoms with Gasteiger partial charge in [0, 0.05) is 63.9 Å². The minimum absolute atomic E-state index is 0.136. The van der Waals surface area contributed by atoms with Crippen LogP contribution >= 0.6 is 0 Å². The Labute approximate surface area is 235 Å². The zero-order valence-corrected chi connectivity index (χ0v) is 23.1. The van der Waals surface area contributed by atoms with E-state index in [1.54, 1.807) is 28.0 Å². The fourth-order valence-corrected chi connectivity index (χ4v) is 4.52. The van der Waals surface area contributed by atoms with E-state index < -0.39 is 28.9 Å². The van der Waals surface area contributed by atoms with Crippen LogP contribution in [0.25, 0.3) is 0 Å². The number of benzene rings is 1. The molecule has 2 saturated heterocycles. The average Bonchev–Trinajstić information content (AvgIpc) is 2.93. The molecule has 3 amide bonds. The lowest BCUT2D eigenvalue weighted by molar-refractivity contribution is -0.137. The highest BCUT2D eigenvalue weighted by Crippen LogP contribution is 2.34. The number of likely N-dealkylation sites (tertiary alicyclic amines) is 1. The molecule has 41 heavy (non-hydrogen) atoms. The van der Waals surface area contributed by atoms with Crippen LogP contribution in [-0.2, 0) is 10.9 Å². The van der Waals surface area contributed by atoms with E-state index in [1.807, 2.05) is 20.8 Å². The molecule has 2 aliphatic rings. The van der Waals surface area contributed by atoms with Crippen LogP contribution in [0, 0.1) is 11.3 Å². The van der Waals surface area contributed by atoms with Crippen LogP contribution in [0.4, 0.5) is 34.3 Å². The zero-order chi connectivity index (χ0) is 29.8. The highest BCUT2D eigenvalue weighted by atomic mass is 19.4. The Bertz CT molecular complexity index is 1280. The number of hydrogen-bond acceptors (Lipinski definition) is 8. The van der Waals surface area contributed by atoms with Gasteiger partial charge in [0.1, 0.15) is 11.7 Å². The molecule has 220 valence electrons. The van der Waals surface area contributed by atoms with E-state index in [2.05, 4.69) is 15.5 Å². The number of rotatable bonds is 4. The lowest BCUT2D eigenvalue weighted by Gasteiger charge is -2.36. The molecule has 2 aliphatic heterocycles. The molecule has 0 spiro atoms. The monoisotopic (exact) mass is 575 g/mol. The predicted octanol–water partition coefficient (Wildman–Crippen LogP) is 4.50. The lowest BCUT2D eigenvalue weighted by atomic mass is 10.1. The molecule has 0 saturated carbocycles. The van der Waals surface area contributed by atoms with Gasteiger partial charge in [-0.2, -0.15) is 18.4 Å². The van der Waals surface area contributed by atoms with E-state index in [4.69, 9.17) is 14.7 Å². The van der Waals surface area contributed by atoms with Gasteiger partial charge in [0.05, 0.1) is 17.2 Å². The summed E-state index contributed by atoms with van der Waals surface area (Å²) in [7, 11) is 0. The summed E-state index contributed by atoms with van der Waals surface area (Å²) < 4.78 is 51.2. The summed E-state index contributed by atoms with van der Waals surface area (Å²) in [5.41, 5.74) is -1.62. The van der Waals surface area contributed by atoms with Gasteiger partial charge in [0.25, 0.3) is 0 Å². The summed E-state index contributed by atoms with van der Waals surface area (Å²) in [4.78, 5) is 29.9. The van der Waals surface area contributed by atoms with Crippen molar-refractivity contribution in [2.24, 2.45) is 0 Å². The third kappa shape index (κ3) is 7.90. The molecule has 0 radical (unpaired) electrons. The number of carbonyl (C=O) groups is 2. The van der Waals surface area contributed by atoms with E-state index in [-0.39, 0.29) is 31.1 Å². The third-order valence-electron chi connectivity index (χ3n) is 6.62. The summed E-state index contributed by atoms with van der Waals surface area (Å²) in [6.07, 6.45) is -3.88. The number of aromatic nitrogens is 2. The molecule has 11 nitrogen and oxygen atoms in total. The zero-order valence-electron chi connectivity index (χ0n) is 23.1. The molecule has 14 heteroatoms. The van der Waals surface area contributed by atoms with Gasteiger partial charge in [-0.25, -0.2) is 9.59 Å². The highest BCUT2D eigenvalue weighted by Gasteiger charge is 2.35. The largest absolute Gasteiger partial charge is 0.473 e. The SMILES string of the molecule is CC(C)(C)OC(=O)N1CCC(Oc2ccc(NC(=O)N3CCN(c4ccc(C#N)c(C(F)(F)F)c4)CC3)nn2)CC1. The van der Waals surface area contributed by atoms with Crippen molar-refractivity contribution in [3.05, 3.63) is 41.5 Å². The third-order valence-corrected chi connectivity index (χ3v) is 6.62. The first-order valence-corrected chi connectivity index (χ1v) is 13.2. The number of piperazine rings is 1. The Hall–Kier alpha value is -4.28. The number of nitrogens with zero attached hydrogens (tertiary/aromatic N) is 6.